The van der Waals surface area contributed by atoms with Crippen LogP contribution in [0, 0.1) is 11.3 Å². The van der Waals surface area contributed by atoms with Crippen molar-refractivity contribution in [3.05, 3.63) is 77.0 Å². The number of rotatable bonds is 18. The molecule has 2 aromatic heterocycles. The van der Waals surface area contributed by atoms with Gasteiger partial charge in [-0.15, -0.1) is 0 Å². The quantitative estimate of drug-likeness (QED) is 0.0766. The van der Waals surface area contributed by atoms with Gasteiger partial charge in [0.2, 0.25) is 18.3 Å². The average Bonchev–Trinajstić information content (AvgIpc) is 3.95. The number of hydrogen-bond donors (Lipinski definition) is 4. The van der Waals surface area contributed by atoms with Crippen LogP contribution in [0.1, 0.15) is 114 Å². The van der Waals surface area contributed by atoms with Crippen LogP contribution in [0.15, 0.2) is 48.9 Å². The SMILES string of the molecule is CCC1c2c(C#N)ncn2-c2cnc(Nc3ccc(C(=O)NCCCNc4cccc(C=O)c4C(=O)N(C)C(C)CCC(=O)NC=O)cc3OC)nc2N1C1CCCC1. The number of anilines is 4. The van der Waals surface area contributed by atoms with Crippen molar-refractivity contribution in [3.63, 3.8) is 0 Å². The fraction of sp³-hybridized carbons (Fsp3) is 0.405. The van der Waals surface area contributed by atoms with Crippen LogP contribution in [0.2, 0.25) is 0 Å². The minimum absolute atomic E-state index is 0.0574. The topological polar surface area (TPSA) is 217 Å². The normalized spacial score (nSPS) is 14.9. The summed E-state index contributed by atoms with van der Waals surface area (Å²) in [6.45, 7) is 4.60. The highest BCUT2D eigenvalue weighted by molar-refractivity contribution is 6.06. The van der Waals surface area contributed by atoms with Gasteiger partial charge in [-0.3, -0.25) is 33.9 Å². The van der Waals surface area contributed by atoms with Crippen molar-refractivity contribution in [1.29, 1.82) is 5.26 Å². The summed E-state index contributed by atoms with van der Waals surface area (Å²) < 4.78 is 7.61. The van der Waals surface area contributed by atoms with Crippen molar-refractivity contribution in [2.75, 3.05) is 42.8 Å². The first-order valence-electron chi connectivity index (χ1n) is 19.8. The molecule has 2 atom stereocenters. The number of amides is 4. The van der Waals surface area contributed by atoms with E-state index < -0.39 is 11.8 Å². The largest absolute Gasteiger partial charge is 0.495 e. The number of aldehydes is 1. The van der Waals surface area contributed by atoms with Gasteiger partial charge in [-0.05, 0) is 63.3 Å². The zero-order valence-electron chi connectivity index (χ0n) is 33.7. The summed E-state index contributed by atoms with van der Waals surface area (Å²) in [4.78, 5) is 78.8. The second kappa shape index (κ2) is 19.1. The molecule has 1 fully saturated rings. The molecule has 0 saturated heterocycles. The van der Waals surface area contributed by atoms with Gasteiger partial charge in [-0.2, -0.15) is 10.2 Å². The van der Waals surface area contributed by atoms with Crippen LogP contribution in [-0.4, -0.2) is 94.2 Å². The number of carbonyl (C=O) groups is 5. The Bertz CT molecular complexity index is 2250. The van der Waals surface area contributed by atoms with Crippen molar-refractivity contribution < 1.29 is 28.7 Å². The lowest BCUT2D eigenvalue weighted by atomic mass is 10.0. The number of ether oxygens (including phenoxy) is 1. The first-order chi connectivity index (χ1) is 28.6. The maximum absolute atomic E-state index is 13.5. The lowest BCUT2D eigenvalue weighted by Gasteiger charge is -2.41. The fourth-order valence-corrected chi connectivity index (χ4v) is 7.79. The smallest absolute Gasteiger partial charge is 0.256 e. The summed E-state index contributed by atoms with van der Waals surface area (Å²) in [5.74, 6) is 0.420. The molecular weight excluding hydrogens is 755 g/mol. The lowest BCUT2D eigenvalue weighted by molar-refractivity contribution is -0.125. The van der Waals surface area contributed by atoms with Gasteiger partial charge in [0.15, 0.2) is 17.8 Å². The molecule has 6 rings (SSSR count). The van der Waals surface area contributed by atoms with E-state index in [4.69, 9.17) is 9.72 Å². The maximum Gasteiger partial charge on any atom is 0.256 e. The van der Waals surface area contributed by atoms with Crippen molar-refractivity contribution >= 4 is 53.6 Å². The number of aromatic nitrogens is 4. The number of carbonyl (C=O) groups excluding carboxylic acids is 5. The van der Waals surface area contributed by atoms with Crippen molar-refractivity contribution in [3.8, 4) is 17.5 Å². The lowest BCUT2D eigenvalue weighted by Crippen LogP contribution is -2.42. The zero-order chi connectivity index (χ0) is 42.1. The van der Waals surface area contributed by atoms with Crippen LogP contribution < -0.4 is 30.9 Å². The van der Waals surface area contributed by atoms with Gasteiger partial charge in [0.05, 0.1) is 36.3 Å². The molecule has 59 heavy (non-hydrogen) atoms. The molecule has 308 valence electrons. The predicted octanol–water partition coefficient (Wildman–Crippen LogP) is 5.06. The van der Waals surface area contributed by atoms with Gasteiger partial charge in [-0.25, -0.2) is 9.97 Å². The van der Waals surface area contributed by atoms with E-state index in [1.807, 2.05) is 4.57 Å². The van der Waals surface area contributed by atoms with Crippen LogP contribution in [-0.2, 0) is 9.59 Å². The molecule has 2 aromatic carbocycles. The minimum Gasteiger partial charge on any atom is -0.495 e. The third-order valence-corrected chi connectivity index (χ3v) is 11.0. The number of nitrogens with one attached hydrogen (secondary N) is 4. The number of fused-ring (bicyclic) bond motifs is 3. The summed E-state index contributed by atoms with van der Waals surface area (Å²) in [6, 6.07) is 12.1. The van der Waals surface area contributed by atoms with Crippen molar-refractivity contribution in [2.24, 2.45) is 0 Å². The minimum atomic E-state index is -0.441. The first-order valence-corrected chi connectivity index (χ1v) is 19.8. The molecule has 4 aromatic rings. The zero-order valence-corrected chi connectivity index (χ0v) is 33.7. The molecule has 17 heteroatoms. The van der Waals surface area contributed by atoms with E-state index >= 15 is 0 Å². The number of methoxy groups -OCH3 is 1. The standard InChI is InChI=1S/C42H49N11O6/c1-5-33-38-32(21-43)47-24-52(38)34-22-46-42(50-39(34)53(33)29-11-6-7-12-29)49-30-16-15-27(20-35(30)59-4)40(57)45-19-9-18-44-31-13-8-10-28(23-54)37(31)41(58)51(3)26(2)14-17-36(56)48-25-55/h8,10,13,15-16,20,22-26,29,33,44H,5-7,9,11-12,14,17-19H2,1-4H3,(H,45,57)(H,46,49,50)(H,48,55,56). The highest BCUT2D eigenvalue weighted by atomic mass is 16.5. The van der Waals surface area contributed by atoms with Crippen LogP contribution >= 0.6 is 0 Å². The molecule has 0 bridgehead atoms. The van der Waals surface area contributed by atoms with Crippen LogP contribution in [0.25, 0.3) is 5.69 Å². The number of imide groups is 1. The van der Waals surface area contributed by atoms with E-state index in [-0.39, 0.29) is 41.6 Å². The van der Waals surface area contributed by atoms with E-state index in [0.717, 1.165) is 49.3 Å². The Kier molecular flexibility index (Phi) is 13.5. The van der Waals surface area contributed by atoms with Crippen LogP contribution in [0.4, 0.5) is 23.1 Å². The Balaban J connectivity index is 1.08. The second-order valence-electron chi connectivity index (χ2n) is 14.6. The fourth-order valence-electron chi connectivity index (χ4n) is 7.79. The summed E-state index contributed by atoms with van der Waals surface area (Å²) in [5, 5.41) is 21.4. The highest BCUT2D eigenvalue weighted by Crippen LogP contribution is 2.44. The number of benzene rings is 2. The Morgan fingerprint density at radius 3 is 2.61 bits per heavy atom. The Morgan fingerprint density at radius 1 is 1.10 bits per heavy atom. The van der Waals surface area contributed by atoms with Crippen LogP contribution in [0.5, 0.6) is 5.75 Å². The van der Waals surface area contributed by atoms with Gasteiger partial charge in [0, 0.05) is 55.5 Å². The second-order valence-corrected chi connectivity index (χ2v) is 14.6. The molecule has 0 spiro atoms. The molecule has 0 radical (unpaired) electrons. The molecule has 17 nitrogen and oxygen atoms in total. The van der Waals surface area contributed by atoms with Crippen molar-refractivity contribution in [1.82, 2.24) is 35.1 Å². The maximum atomic E-state index is 13.5. The van der Waals surface area contributed by atoms with E-state index in [1.54, 1.807) is 62.9 Å². The van der Waals surface area contributed by atoms with Crippen LogP contribution in [0.3, 0.4) is 0 Å². The molecule has 2 unspecified atom stereocenters. The number of hydrogen-bond acceptors (Lipinski definition) is 13. The van der Waals surface area contributed by atoms with Gasteiger partial charge >= 0.3 is 0 Å². The van der Waals surface area contributed by atoms with Gasteiger partial charge < -0.3 is 30.5 Å². The molecule has 2 aliphatic rings. The molecule has 1 aliphatic carbocycles. The Labute approximate surface area is 342 Å². The summed E-state index contributed by atoms with van der Waals surface area (Å²) in [7, 11) is 3.12. The van der Waals surface area contributed by atoms with Gasteiger partial charge in [0.1, 0.15) is 23.8 Å². The van der Waals surface area contributed by atoms with E-state index in [1.165, 1.54) is 12.0 Å². The van der Waals surface area contributed by atoms with E-state index in [2.05, 4.69) is 49.1 Å². The first kappa shape index (κ1) is 41.8. The number of imidazole rings is 1. The molecule has 3 heterocycles. The Morgan fingerprint density at radius 2 is 1.90 bits per heavy atom. The Hall–Kier alpha value is -6.83. The molecule has 4 N–H and O–H groups in total. The van der Waals surface area contributed by atoms with E-state index in [0.29, 0.717) is 73.0 Å². The molecule has 1 saturated carbocycles. The molecular formula is C42H49N11O6. The summed E-state index contributed by atoms with van der Waals surface area (Å²) in [5.41, 5.74) is 3.90. The monoisotopic (exact) mass is 803 g/mol. The highest BCUT2D eigenvalue weighted by Gasteiger charge is 2.39. The molecule has 4 amide bonds. The third kappa shape index (κ3) is 9.01. The summed E-state index contributed by atoms with van der Waals surface area (Å²) in [6.07, 6.45) is 10.4. The average molecular weight is 804 g/mol. The van der Waals surface area contributed by atoms with Crippen molar-refractivity contribution in [2.45, 2.75) is 83.3 Å². The molecule has 1 aliphatic heterocycles. The third-order valence-electron chi connectivity index (χ3n) is 11.0. The predicted molar refractivity (Wildman–Crippen MR) is 220 cm³/mol. The van der Waals surface area contributed by atoms with Gasteiger partial charge in [0.25, 0.3) is 11.8 Å². The number of nitriles is 1. The number of nitrogens with zero attached hydrogens (tertiary/aromatic N) is 7. The summed E-state index contributed by atoms with van der Waals surface area (Å²) >= 11 is 0. The van der Waals surface area contributed by atoms with Gasteiger partial charge in [-0.1, -0.05) is 31.9 Å². The van der Waals surface area contributed by atoms with E-state index in [9.17, 15) is 29.2 Å².